The van der Waals surface area contributed by atoms with Gasteiger partial charge in [0.1, 0.15) is 0 Å². The van der Waals surface area contributed by atoms with E-state index in [2.05, 4.69) is 16.0 Å². The predicted octanol–water partition coefficient (Wildman–Crippen LogP) is 3.35. The van der Waals surface area contributed by atoms with E-state index in [1.807, 2.05) is 60.7 Å². The molecule has 0 aliphatic carbocycles. The van der Waals surface area contributed by atoms with E-state index in [1.54, 1.807) is 0 Å². The maximum absolute atomic E-state index is 12.3. The first-order chi connectivity index (χ1) is 13.6. The first-order valence-electron chi connectivity index (χ1n) is 9.00. The molecule has 28 heavy (non-hydrogen) atoms. The molecule has 0 spiro atoms. The van der Waals surface area contributed by atoms with Crippen molar-refractivity contribution in [2.24, 2.45) is 0 Å². The van der Waals surface area contributed by atoms with Gasteiger partial charge in [-0.1, -0.05) is 48.5 Å². The van der Waals surface area contributed by atoms with Gasteiger partial charge in [0.25, 0.3) is 0 Å². The van der Waals surface area contributed by atoms with Crippen LogP contribution in [-0.4, -0.2) is 29.9 Å². The van der Waals surface area contributed by atoms with E-state index in [9.17, 15) is 9.59 Å². The topological polar surface area (TPSA) is 83.1 Å². The Morgan fingerprint density at radius 2 is 1.57 bits per heavy atom. The van der Waals surface area contributed by atoms with Crippen molar-refractivity contribution in [1.82, 2.24) is 15.6 Å². The molecule has 6 nitrogen and oxygen atoms in total. The number of benzene rings is 2. The lowest BCUT2D eigenvalue weighted by atomic mass is 10.1. The van der Waals surface area contributed by atoms with Crippen LogP contribution in [0, 0.1) is 0 Å². The maximum Gasteiger partial charge on any atom is 0.225 e. The largest absolute Gasteiger partial charge is 0.355 e. The van der Waals surface area contributed by atoms with Gasteiger partial charge < -0.3 is 16.0 Å². The lowest BCUT2D eigenvalue weighted by molar-refractivity contribution is -0.121. The SMILES string of the molecule is CC(=O)NCCNC(=O)Cc1sc(Nc2ccccc2)nc1-c1ccccc1. The number of nitrogens with one attached hydrogen (secondary N) is 3. The van der Waals surface area contributed by atoms with Crippen molar-refractivity contribution >= 4 is 34.0 Å². The first-order valence-corrected chi connectivity index (χ1v) is 9.82. The van der Waals surface area contributed by atoms with Crippen LogP contribution in [-0.2, 0) is 16.0 Å². The predicted molar refractivity (Wildman–Crippen MR) is 113 cm³/mol. The molecule has 3 aromatic rings. The summed E-state index contributed by atoms with van der Waals surface area (Å²) in [6.45, 7) is 2.26. The van der Waals surface area contributed by atoms with Crippen LogP contribution in [0.25, 0.3) is 11.3 Å². The summed E-state index contributed by atoms with van der Waals surface area (Å²) in [4.78, 5) is 28.8. The average molecular weight is 395 g/mol. The summed E-state index contributed by atoms with van der Waals surface area (Å²) in [6, 6.07) is 19.6. The minimum Gasteiger partial charge on any atom is -0.355 e. The van der Waals surface area contributed by atoms with E-state index < -0.39 is 0 Å². The summed E-state index contributed by atoms with van der Waals surface area (Å²) < 4.78 is 0. The molecule has 0 bridgehead atoms. The van der Waals surface area contributed by atoms with Crippen molar-refractivity contribution in [2.75, 3.05) is 18.4 Å². The molecule has 0 unspecified atom stereocenters. The normalized spacial score (nSPS) is 10.3. The molecule has 2 aromatic carbocycles. The first kappa shape index (κ1) is 19.6. The zero-order valence-corrected chi connectivity index (χ0v) is 16.4. The number of para-hydroxylation sites is 1. The van der Waals surface area contributed by atoms with Gasteiger partial charge in [-0.05, 0) is 12.1 Å². The van der Waals surface area contributed by atoms with Gasteiger partial charge in [-0.3, -0.25) is 9.59 Å². The van der Waals surface area contributed by atoms with Crippen molar-refractivity contribution in [3.05, 3.63) is 65.5 Å². The Kier molecular flexibility index (Phi) is 6.75. The van der Waals surface area contributed by atoms with Crippen LogP contribution >= 0.6 is 11.3 Å². The second-order valence-corrected chi connectivity index (χ2v) is 7.24. The van der Waals surface area contributed by atoms with Crippen molar-refractivity contribution in [1.29, 1.82) is 0 Å². The molecule has 3 N–H and O–H groups in total. The number of aromatic nitrogens is 1. The van der Waals surface area contributed by atoms with E-state index in [-0.39, 0.29) is 18.2 Å². The van der Waals surface area contributed by atoms with Crippen LogP contribution in [0.1, 0.15) is 11.8 Å². The number of nitrogens with zero attached hydrogens (tertiary/aromatic N) is 1. The summed E-state index contributed by atoms with van der Waals surface area (Å²) in [5, 5.41) is 9.53. The van der Waals surface area contributed by atoms with E-state index in [1.165, 1.54) is 18.3 Å². The third kappa shape index (κ3) is 5.65. The number of thiazole rings is 1. The minimum absolute atomic E-state index is 0.0996. The Labute approximate surface area is 168 Å². The molecule has 0 aliphatic rings. The fourth-order valence-electron chi connectivity index (χ4n) is 2.64. The van der Waals surface area contributed by atoms with Gasteiger partial charge in [-0.25, -0.2) is 4.98 Å². The molecule has 1 heterocycles. The van der Waals surface area contributed by atoms with Crippen LogP contribution in [0.3, 0.4) is 0 Å². The van der Waals surface area contributed by atoms with Crippen LogP contribution in [0.4, 0.5) is 10.8 Å². The number of rotatable bonds is 8. The Morgan fingerprint density at radius 1 is 0.929 bits per heavy atom. The van der Waals surface area contributed by atoms with Crippen molar-refractivity contribution in [2.45, 2.75) is 13.3 Å². The molecule has 0 atom stereocenters. The molecule has 3 rings (SSSR count). The highest BCUT2D eigenvalue weighted by Crippen LogP contribution is 2.33. The molecular formula is C21H22N4O2S. The number of anilines is 2. The maximum atomic E-state index is 12.3. The van der Waals surface area contributed by atoms with E-state index in [4.69, 9.17) is 4.98 Å². The third-order valence-electron chi connectivity index (χ3n) is 3.91. The van der Waals surface area contributed by atoms with E-state index in [0.29, 0.717) is 13.1 Å². The Balaban J connectivity index is 1.74. The van der Waals surface area contributed by atoms with Gasteiger partial charge in [-0.15, -0.1) is 11.3 Å². The molecular weight excluding hydrogens is 372 g/mol. The highest BCUT2D eigenvalue weighted by molar-refractivity contribution is 7.16. The number of hydrogen-bond donors (Lipinski definition) is 3. The number of hydrogen-bond acceptors (Lipinski definition) is 5. The van der Waals surface area contributed by atoms with Crippen LogP contribution < -0.4 is 16.0 Å². The van der Waals surface area contributed by atoms with Crippen LogP contribution in [0.5, 0.6) is 0 Å². The van der Waals surface area contributed by atoms with Crippen LogP contribution in [0.2, 0.25) is 0 Å². The van der Waals surface area contributed by atoms with Gasteiger partial charge in [0.05, 0.1) is 12.1 Å². The number of carbonyl (C=O) groups is 2. The number of carbonyl (C=O) groups excluding carboxylic acids is 2. The van der Waals surface area contributed by atoms with Gasteiger partial charge in [-0.2, -0.15) is 0 Å². The Hall–Kier alpha value is -3.19. The summed E-state index contributed by atoms with van der Waals surface area (Å²) in [5.74, 6) is -0.211. The molecule has 0 fully saturated rings. The number of amides is 2. The fourth-order valence-corrected chi connectivity index (χ4v) is 3.64. The highest BCUT2D eigenvalue weighted by atomic mass is 32.1. The van der Waals surface area contributed by atoms with Gasteiger partial charge >= 0.3 is 0 Å². The molecule has 2 amide bonds. The second-order valence-electron chi connectivity index (χ2n) is 6.16. The van der Waals surface area contributed by atoms with Crippen LogP contribution in [0.15, 0.2) is 60.7 Å². The molecule has 0 aliphatic heterocycles. The lowest BCUT2D eigenvalue weighted by Crippen LogP contribution is -2.34. The zero-order chi connectivity index (χ0) is 19.8. The highest BCUT2D eigenvalue weighted by Gasteiger charge is 2.16. The molecule has 7 heteroatoms. The van der Waals surface area contributed by atoms with Gasteiger partial charge in [0.15, 0.2) is 5.13 Å². The lowest BCUT2D eigenvalue weighted by Gasteiger charge is -2.06. The molecule has 0 radical (unpaired) electrons. The fraction of sp³-hybridized carbons (Fsp3) is 0.190. The quantitative estimate of drug-likeness (QED) is 0.512. The van der Waals surface area contributed by atoms with E-state index in [0.717, 1.165) is 27.0 Å². The summed E-state index contributed by atoms with van der Waals surface area (Å²) in [5.41, 5.74) is 2.73. The second kappa shape index (κ2) is 9.66. The summed E-state index contributed by atoms with van der Waals surface area (Å²) in [6.07, 6.45) is 0.235. The Bertz CT molecular complexity index is 926. The molecule has 144 valence electrons. The summed E-state index contributed by atoms with van der Waals surface area (Å²) >= 11 is 1.47. The monoisotopic (exact) mass is 394 g/mol. The third-order valence-corrected chi connectivity index (χ3v) is 4.88. The smallest absolute Gasteiger partial charge is 0.225 e. The van der Waals surface area contributed by atoms with Gasteiger partial charge in [0, 0.05) is 36.1 Å². The average Bonchev–Trinajstić information content (AvgIpc) is 3.08. The minimum atomic E-state index is -0.111. The van der Waals surface area contributed by atoms with Gasteiger partial charge in [0.2, 0.25) is 11.8 Å². The molecule has 0 saturated heterocycles. The molecule has 1 aromatic heterocycles. The summed E-state index contributed by atoms with van der Waals surface area (Å²) in [7, 11) is 0. The van der Waals surface area contributed by atoms with Crippen molar-refractivity contribution in [3.8, 4) is 11.3 Å². The van der Waals surface area contributed by atoms with E-state index >= 15 is 0 Å². The standard InChI is InChI=1S/C21H22N4O2S/c1-15(26)22-12-13-23-19(27)14-18-20(16-8-4-2-5-9-16)25-21(28-18)24-17-10-6-3-7-11-17/h2-11H,12-14H2,1H3,(H,22,26)(H,23,27)(H,24,25). The van der Waals surface area contributed by atoms with Crippen molar-refractivity contribution in [3.63, 3.8) is 0 Å². The van der Waals surface area contributed by atoms with Crippen molar-refractivity contribution < 1.29 is 9.59 Å². The molecule has 0 saturated carbocycles. The zero-order valence-electron chi connectivity index (χ0n) is 15.6. The Morgan fingerprint density at radius 3 is 2.25 bits per heavy atom.